The average molecular weight is 355 g/mol. The van der Waals surface area contributed by atoms with E-state index in [0.29, 0.717) is 13.0 Å². The molecule has 1 amide bonds. The van der Waals surface area contributed by atoms with Crippen molar-refractivity contribution < 1.29 is 14.3 Å². The fourth-order valence-corrected chi connectivity index (χ4v) is 2.85. The molecule has 2 aromatic carbocycles. The zero-order valence-corrected chi connectivity index (χ0v) is 16.2. The van der Waals surface area contributed by atoms with Crippen LogP contribution in [-0.4, -0.2) is 25.7 Å². The third-order valence-electron chi connectivity index (χ3n) is 4.34. The quantitative estimate of drug-likeness (QED) is 0.685. The van der Waals surface area contributed by atoms with Gasteiger partial charge in [-0.1, -0.05) is 36.8 Å². The molecule has 0 aliphatic carbocycles. The van der Waals surface area contributed by atoms with E-state index in [1.807, 2.05) is 51.1 Å². The molecule has 0 bridgehead atoms. The van der Waals surface area contributed by atoms with Gasteiger partial charge in [0.2, 0.25) is 0 Å². The Hall–Kier alpha value is -2.49. The third-order valence-corrected chi connectivity index (χ3v) is 4.34. The van der Waals surface area contributed by atoms with Gasteiger partial charge in [0.05, 0.1) is 7.11 Å². The molecule has 0 aliphatic rings. The molecule has 0 saturated heterocycles. The highest BCUT2D eigenvalue weighted by atomic mass is 16.5. The highest BCUT2D eigenvalue weighted by Crippen LogP contribution is 2.21. The van der Waals surface area contributed by atoms with Crippen molar-refractivity contribution in [1.29, 1.82) is 0 Å². The van der Waals surface area contributed by atoms with Gasteiger partial charge >= 0.3 is 0 Å². The zero-order valence-electron chi connectivity index (χ0n) is 16.2. The number of nitrogens with one attached hydrogen (secondary N) is 1. The summed E-state index contributed by atoms with van der Waals surface area (Å²) in [5.74, 6) is 1.58. The van der Waals surface area contributed by atoms with E-state index in [4.69, 9.17) is 9.47 Å². The van der Waals surface area contributed by atoms with Crippen LogP contribution in [0.25, 0.3) is 0 Å². The van der Waals surface area contributed by atoms with Crippen LogP contribution in [0.3, 0.4) is 0 Å². The second kappa shape index (κ2) is 9.85. The van der Waals surface area contributed by atoms with Gasteiger partial charge in [-0.25, -0.2) is 0 Å². The van der Waals surface area contributed by atoms with E-state index < -0.39 is 6.10 Å². The highest BCUT2D eigenvalue weighted by molar-refractivity contribution is 5.81. The van der Waals surface area contributed by atoms with Gasteiger partial charge in [0.1, 0.15) is 11.5 Å². The van der Waals surface area contributed by atoms with Crippen LogP contribution in [0, 0.1) is 13.8 Å². The Bertz CT molecular complexity index is 727. The summed E-state index contributed by atoms with van der Waals surface area (Å²) in [4.78, 5) is 12.4. The van der Waals surface area contributed by atoms with Gasteiger partial charge in [-0.2, -0.15) is 0 Å². The maximum Gasteiger partial charge on any atom is 0.261 e. The summed E-state index contributed by atoms with van der Waals surface area (Å²) >= 11 is 0. The fraction of sp³-hybridized carbons (Fsp3) is 0.409. The normalized spacial score (nSPS) is 11.7. The number of methoxy groups -OCH3 is 1. The lowest BCUT2D eigenvalue weighted by Crippen LogP contribution is -2.38. The van der Waals surface area contributed by atoms with Crippen LogP contribution in [0.1, 0.15) is 36.5 Å². The summed E-state index contributed by atoms with van der Waals surface area (Å²) in [7, 11) is 1.67. The standard InChI is InChI=1S/C22H29NO3/c1-5-20(26-21-12-11-16(2)14-17(21)3)22(24)23-13-7-9-18-8-6-10-19(15-18)25-4/h6,8,10-12,14-15,20H,5,7,9,13H2,1-4H3,(H,23,24)/t20-/m1/s1. The van der Waals surface area contributed by atoms with E-state index in [1.165, 1.54) is 11.1 Å². The predicted octanol–water partition coefficient (Wildman–Crippen LogP) is 4.22. The van der Waals surface area contributed by atoms with Crippen molar-refractivity contribution in [2.45, 2.75) is 46.1 Å². The van der Waals surface area contributed by atoms with Crippen LogP contribution >= 0.6 is 0 Å². The van der Waals surface area contributed by atoms with Gasteiger partial charge in [0.25, 0.3) is 5.91 Å². The summed E-state index contributed by atoms with van der Waals surface area (Å²) in [6.07, 6.45) is 1.94. The lowest BCUT2D eigenvalue weighted by atomic mass is 10.1. The first-order valence-corrected chi connectivity index (χ1v) is 9.18. The van der Waals surface area contributed by atoms with Crippen molar-refractivity contribution in [3.05, 3.63) is 59.2 Å². The molecular weight excluding hydrogens is 326 g/mol. The second-order valence-electron chi connectivity index (χ2n) is 6.53. The van der Waals surface area contributed by atoms with E-state index in [2.05, 4.69) is 17.4 Å². The average Bonchev–Trinajstić information content (AvgIpc) is 2.64. The fourth-order valence-electron chi connectivity index (χ4n) is 2.85. The van der Waals surface area contributed by atoms with Crippen molar-refractivity contribution in [2.24, 2.45) is 0 Å². The minimum atomic E-state index is -0.465. The topological polar surface area (TPSA) is 47.6 Å². The summed E-state index contributed by atoms with van der Waals surface area (Å²) < 4.78 is 11.2. The maximum atomic E-state index is 12.4. The number of ether oxygens (including phenoxy) is 2. The Morgan fingerprint density at radius 2 is 1.96 bits per heavy atom. The molecule has 0 aromatic heterocycles. The van der Waals surface area contributed by atoms with E-state index in [-0.39, 0.29) is 5.91 Å². The van der Waals surface area contributed by atoms with Crippen LogP contribution in [0.5, 0.6) is 11.5 Å². The Morgan fingerprint density at radius 3 is 2.65 bits per heavy atom. The number of rotatable bonds is 9. The van der Waals surface area contributed by atoms with Crippen molar-refractivity contribution in [1.82, 2.24) is 5.32 Å². The van der Waals surface area contributed by atoms with Crippen molar-refractivity contribution >= 4 is 5.91 Å². The largest absolute Gasteiger partial charge is 0.497 e. The van der Waals surface area contributed by atoms with Gasteiger partial charge in [0.15, 0.2) is 6.10 Å². The Balaban J connectivity index is 1.81. The first-order valence-electron chi connectivity index (χ1n) is 9.18. The summed E-state index contributed by atoms with van der Waals surface area (Å²) in [6, 6.07) is 14.0. The Labute approximate surface area is 156 Å². The number of hydrogen-bond acceptors (Lipinski definition) is 3. The zero-order chi connectivity index (χ0) is 18.9. The molecule has 0 fully saturated rings. The van der Waals surface area contributed by atoms with Crippen LogP contribution in [0.2, 0.25) is 0 Å². The van der Waals surface area contributed by atoms with Gasteiger partial charge < -0.3 is 14.8 Å². The Kier molecular flexibility index (Phi) is 7.52. The molecule has 1 N–H and O–H groups in total. The molecule has 140 valence electrons. The van der Waals surface area contributed by atoms with E-state index in [1.54, 1.807) is 7.11 Å². The molecule has 0 unspecified atom stereocenters. The van der Waals surface area contributed by atoms with Crippen LogP contribution in [0.4, 0.5) is 0 Å². The summed E-state index contributed by atoms with van der Waals surface area (Å²) in [6.45, 7) is 6.64. The van der Waals surface area contributed by atoms with Gasteiger partial charge in [-0.05, 0) is 62.4 Å². The molecule has 4 nitrogen and oxygen atoms in total. The third kappa shape index (κ3) is 5.80. The second-order valence-corrected chi connectivity index (χ2v) is 6.53. The molecule has 0 saturated carbocycles. The molecule has 0 radical (unpaired) electrons. The number of carbonyl (C=O) groups excluding carboxylic acids is 1. The number of carbonyl (C=O) groups is 1. The molecule has 1 atom stereocenters. The van der Waals surface area contributed by atoms with Crippen molar-refractivity contribution in [3.8, 4) is 11.5 Å². The van der Waals surface area contributed by atoms with Gasteiger partial charge in [-0.3, -0.25) is 4.79 Å². The van der Waals surface area contributed by atoms with Crippen molar-refractivity contribution in [2.75, 3.05) is 13.7 Å². The minimum absolute atomic E-state index is 0.0573. The molecule has 2 rings (SSSR count). The molecule has 26 heavy (non-hydrogen) atoms. The first-order chi connectivity index (χ1) is 12.5. The molecule has 0 heterocycles. The van der Waals surface area contributed by atoms with Crippen LogP contribution in [0.15, 0.2) is 42.5 Å². The molecule has 2 aromatic rings. The van der Waals surface area contributed by atoms with Gasteiger partial charge in [-0.15, -0.1) is 0 Å². The SMILES string of the molecule is CC[C@@H](Oc1ccc(C)cc1C)C(=O)NCCCc1cccc(OC)c1. The molecule has 0 spiro atoms. The minimum Gasteiger partial charge on any atom is -0.497 e. The number of amides is 1. The smallest absolute Gasteiger partial charge is 0.261 e. The van der Waals surface area contributed by atoms with E-state index in [0.717, 1.165) is 29.9 Å². The summed E-state index contributed by atoms with van der Waals surface area (Å²) in [5.41, 5.74) is 3.44. The van der Waals surface area contributed by atoms with Crippen LogP contribution in [-0.2, 0) is 11.2 Å². The van der Waals surface area contributed by atoms with Gasteiger partial charge in [0, 0.05) is 6.54 Å². The van der Waals surface area contributed by atoms with E-state index in [9.17, 15) is 4.79 Å². The lowest BCUT2D eigenvalue weighted by Gasteiger charge is -2.19. The first kappa shape index (κ1) is 19.8. The van der Waals surface area contributed by atoms with Crippen LogP contribution < -0.4 is 14.8 Å². The highest BCUT2D eigenvalue weighted by Gasteiger charge is 2.18. The predicted molar refractivity (Wildman–Crippen MR) is 105 cm³/mol. The molecule has 4 heteroatoms. The van der Waals surface area contributed by atoms with Crippen molar-refractivity contribution in [3.63, 3.8) is 0 Å². The number of benzene rings is 2. The maximum absolute atomic E-state index is 12.4. The monoisotopic (exact) mass is 355 g/mol. The van der Waals surface area contributed by atoms with E-state index >= 15 is 0 Å². The number of hydrogen-bond donors (Lipinski definition) is 1. The lowest BCUT2D eigenvalue weighted by molar-refractivity contribution is -0.128. The molecule has 0 aliphatic heterocycles. The summed E-state index contributed by atoms with van der Waals surface area (Å²) in [5, 5.41) is 2.99. The molecular formula is C22H29NO3. The Morgan fingerprint density at radius 1 is 1.15 bits per heavy atom. The number of aryl methyl sites for hydroxylation is 3.